The van der Waals surface area contributed by atoms with E-state index in [1.807, 2.05) is 53.6 Å². The van der Waals surface area contributed by atoms with Gasteiger partial charge in [-0.25, -0.2) is 4.98 Å². The van der Waals surface area contributed by atoms with Crippen molar-refractivity contribution in [2.24, 2.45) is 5.73 Å². The number of nitrogens with one attached hydrogen (secondary N) is 2. The van der Waals surface area contributed by atoms with Gasteiger partial charge in [-0.3, -0.25) is 9.59 Å². The molecule has 4 N–H and O–H groups in total. The Bertz CT molecular complexity index is 1060. The second-order valence-electron chi connectivity index (χ2n) is 8.18. The zero-order valence-electron chi connectivity index (χ0n) is 18.3. The van der Waals surface area contributed by atoms with Gasteiger partial charge in [0.05, 0.1) is 24.0 Å². The molecule has 2 unspecified atom stereocenters. The van der Waals surface area contributed by atoms with Crippen molar-refractivity contribution in [1.29, 1.82) is 0 Å². The smallest absolute Gasteiger partial charge is 0.251 e. The topological polar surface area (TPSA) is 104 Å². The third-order valence-corrected chi connectivity index (χ3v) is 6.00. The minimum absolute atomic E-state index is 0.0669. The fraction of sp³-hybridized carbons (Fsp3) is 0.320. The molecule has 7 heteroatoms. The highest BCUT2D eigenvalue weighted by Crippen LogP contribution is 2.31. The van der Waals surface area contributed by atoms with Crippen LogP contribution < -0.4 is 11.1 Å². The number of imidazole rings is 1. The number of carbonyl (C=O) groups is 2. The van der Waals surface area contributed by atoms with Crippen LogP contribution in [0.2, 0.25) is 0 Å². The van der Waals surface area contributed by atoms with E-state index in [0.717, 1.165) is 41.9 Å². The van der Waals surface area contributed by atoms with Gasteiger partial charge in [0.25, 0.3) is 5.91 Å². The molecule has 32 heavy (non-hydrogen) atoms. The molecule has 1 fully saturated rings. The molecule has 2 amide bonds. The molecule has 2 aromatic carbocycles. The molecule has 2 atom stereocenters. The Balaban J connectivity index is 1.47. The van der Waals surface area contributed by atoms with E-state index in [1.54, 1.807) is 19.2 Å². The maximum atomic E-state index is 13.3. The van der Waals surface area contributed by atoms with Gasteiger partial charge in [-0.1, -0.05) is 42.5 Å². The average Bonchev–Trinajstić information content (AvgIpc) is 3.34. The molecule has 2 heterocycles. The lowest BCUT2D eigenvalue weighted by Crippen LogP contribution is -2.48. The van der Waals surface area contributed by atoms with Crippen LogP contribution in [0.25, 0.3) is 11.3 Å². The molecule has 1 saturated heterocycles. The van der Waals surface area contributed by atoms with E-state index in [1.165, 1.54) is 0 Å². The van der Waals surface area contributed by atoms with Crippen LogP contribution in [-0.4, -0.2) is 46.3 Å². The quantitative estimate of drug-likeness (QED) is 0.558. The average molecular weight is 432 g/mol. The molecule has 0 spiro atoms. The summed E-state index contributed by atoms with van der Waals surface area (Å²) >= 11 is 0. The number of likely N-dealkylation sites (tertiary alicyclic amines) is 1. The van der Waals surface area contributed by atoms with Crippen LogP contribution in [0.4, 0.5) is 0 Å². The number of aromatic amines is 1. The molecular weight excluding hydrogens is 402 g/mol. The Hall–Kier alpha value is -3.45. The Kier molecular flexibility index (Phi) is 6.66. The van der Waals surface area contributed by atoms with Crippen molar-refractivity contribution in [3.63, 3.8) is 0 Å². The van der Waals surface area contributed by atoms with Crippen LogP contribution in [0.15, 0.2) is 60.8 Å². The van der Waals surface area contributed by atoms with Gasteiger partial charge in [0.15, 0.2) is 0 Å². The molecular formula is C25H29N5O2. The molecule has 1 aliphatic heterocycles. The highest BCUT2D eigenvalue weighted by Gasteiger charge is 2.32. The second kappa shape index (κ2) is 9.78. The number of benzene rings is 2. The zero-order valence-corrected chi connectivity index (χ0v) is 18.3. The fourth-order valence-corrected chi connectivity index (χ4v) is 4.24. The van der Waals surface area contributed by atoms with Crippen molar-refractivity contribution in [1.82, 2.24) is 20.2 Å². The molecule has 166 valence electrons. The second-order valence-corrected chi connectivity index (χ2v) is 8.18. The van der Waals surface area contributed by atoms with Crippen LogP contribution >= 0.6 is 0 Å². The number of amides is 2. The highest BCUT2D eigenvalue weighted by atomic mass is 16.2. The Morgan fingerprint density at radius 1 is 1.16 bits per heavy atom. The summed E-state index contributed by atoms with van der Waals surface area (Å²) in [5.74, 6) is 0.600. The van der Waals surface area contributed by atoms with Gasteiger partial charge in [0.2, 0.25) is 5.91 Å². The number of nitrogens with two attached hydrogens (primary N) is 1. The Labute approximate surface area is 188 Å². The Morgan fingerprint density at radius 3 is 2.62 bits per heavy atom. The van der Waals surface area contributed by atoms with Gasteiger partial charge in [0.1, 0.15) is 5.82 Å². The summed E-state index contributed by atoms with van der Waals surface area (Å²) in [5, 5.41) is 2.60. The van der Waals surface area contributed by atoms with E-state index < -0.39 is 6.04 Å². The third kappa shape index (κ3) is 4.73. The summed E-state index contributed by atoms with van der Waals surface area (Å²) in [6, 6.07) is 16.5. The fourth-order valence-electron chi connectivity index (χ4n) is 4.24. The summed E-state index contributed by atoms with van der Waals surface area (Å²) < 4.78 is 0. The number of hydrogen-bond acceptors (Lipinski definition) is 4. The van der Waals surface area contributed by atoms with Crippen LogP contribution in [0.3, 0.4) is 0 Å². The highest BCUT2D eigenvalue weighted by molar-refractivity contribution is 5.94. The van der Waals surface area contributed by atoms with E-state index in [2.05, 4.69) is 15.3 Å². The molecule has 3 aromatic rings. The van der Waals surface area contributed by atoms with E-state index in [9.17, 15) is 9.59 Å². The van der Waals surface area contributed by atoms with Gasteiger partial charge >= 0.3 is 0 Å². The SMILES string of the molecule is CNC(=O)c1ccc(CC(N)C(=O)N2CCCCC2c2ncc(-c3ccccc3)[nH]2)cc1. The number of carbonyl (C=O) groups excluding carboxylic acids is 2. The number of hydrogen-bond donors (Lipinski definition) is 3. The van der Waals surface area contributed by atoms with E-state index in [4.69, 9.17) is 5.73 Å². The first-order valence-corrected chi connectivity index (χ1v) is 11.0. The predicted molar refractivity (Wildman–Crippen MR) is 124 cm³/mol. The zero-order chi connectivity index (χ0) is 22.5. The summed E-state index contributed by atoms with van der Waals surface area (Å²) in [6.45, 7) is 0.675. The summed E-state index contributed by atoms with van der Waals surface area (Å²) in [5.41, 5.74) is 9.86. The van der Waals surface area contributed by atoms with Crippen molar-refractivity contribution >= 4 is 11.8 Å². The summed E-state index contributed by atoms with van der Waals surface area (Å²) in [6.07, 6.45) is 5.12. The van der Waals surface area contributed by atoms with Gasteiger partial charge in [0, 0.05) is 19.2 Å². The van der Waals surface area contributed by atoms with E-state index in [0.29, 0.717) is 18.5 Å². The van der Waals surface area contributed by atoms with Crippen LogP contribution in [-0.2, 0) is 11.2 Å². The van der Waals surface area contributed by atoms with E-state index >= 15 is 0 Å². The number of aromatic nitrogens is 2. The Morgan fingerprint density at radius 2 is 1.91 bits per heavy atom. The van der Waals surface area contributed by atoms with Gasteiger partial charge < -0.3 is 20.9 Å². The maximum Gasteiger partial charge on any atom is 0.251 e. The number of H-pyrrole nitrogens is 1. The van der Waals surface area contributed by atoms with Crippen molar-refractivity contribution in [3.8, 4) is 11.3 Å². The van der Waals surface area contributed by atoms with Gasteiger partial charge in [-0.05, 0) is 48.9 Å². The molecule has 7 nitrogen and oxygen atoms in total. The first kappa shape index (κ1) is 21.8. The summed E-state index contributed by atoms with van der Waals surface area (Å²) in [7, 11) is 1.60. The molecule has 0 saturated carbocycles. The van der Waals surface area contributed by atoms with Crippen molar-refractivity contribution in [2.75, 3.05) is 13.6 Å². The lowest BCUT2D eigenvalue weighted by molar-refractivity contribution is -0.136. The maximum absolute atomic E-state index is 13.3. The molecule has 1 aliphatic rings. The minimum atomic E-state index is -0.648. The monoisotopic (exact) mass is 431 g/mol. The van der Waals surface area contributed by atoms with Crippen molar-refractivity contribution < 1.29 is 9.59 Å². The normalized spacial score (nSPS) is 17.1. The first-order valence-electron chi connectivity index (χ1n) is 11.0. The van der Waals surface area contributed by atoms with Crippen molar-refractivity contribution in [3.05, 3.63) is 77.7 Å². The number of nitrogens with zero attached hydrogens (tertiary/aromatic N) is 2. The van der Waals surface area contributed by atoms with Crippen molar-refractivity contribution in [2.45, 2.75) is 37.8 Å². The molecule has 0 aliphatic carbocycles. The van der Waals surface area contributed by atoms with Crippen LogP contribution in [0.5, 0.6) is 0 Å². The molecule has 0 radical (unpaired) electrons. The summed E-state index contributed by atoms with van der Waals surface area (Å²) in [4.78, 5) is 34.9. The lowest BCUT2D eigenvalue weighted by Gasteiger charge is -2.36. The van der Waals surface area contributed by atoms with Crippen LogP contribution in [0, 0.1) is 0 Å². The number of piperidine rings is 1. The largest absolute Gasteiger partial charge is 0.355 e. The van der Waals surface area contributed by atoms with E-state index in [-0.39, 0.29) is 17.9 Å². The third-order valence-electron chi connectivity index (χ3n) is 6.00. The van der Waals surface area contributed by atoms with Gasteiger partial charge in [-0.2, -0.15) is 0 Å². The lowest BCUT2D eigenvalue weighted by atomic mass is 9.98. The minimum Gasteiger partial charge on any atom is -0.355 e. The molecule has 1 aromatic heterocycles. The molecule has 4 rings (SSSR count). The standard InChI is InChI=1S/C25H29N5O2/c1-27-24(31)19-12-10-17(11-13-19)15-20(26)25(32)30-14-6-5-9-22(30)23-28-16-21(29-23)18-7-3-2-4-8-18/h2-4,7-8,10-13,16,20,22H,5-6,9,14-15,26H2,1H3,(H,27,31)(H,28,29). The predicted octanol–water partition coefficient (Wildman–Crippen LogP) is 3.06. The molecule has 0 bridgehead atoms. The van der Waals surface area contributed by atoms with Crippen LogP contribution in [0.1, 0.15) is 47.1 Å². The number of rotatable bonds is 6. The first-order chi connectivity index (χ1) is 15.6. The van der Waals surface area contributed by atoms with Gasteiger partial charge in [-0.15, -0.1) is 0 Å².